The Hall–Kier alpha value is -2.30. The first-order valence-electron chi connectivity index (χ1n) is 5.52. The highest BCUT2D eigenvalue weighted by molar-refractivity contribution is 5.70. The first-order valence-corrected chi connectivity index (χ1v) is 5.52. The van der Waals surface area contributed by atoms with Gasteiger partial charge in [-0.1, -0.05) is 24.3 Å². The minimum atomic E-state index is -4.33. The van der Waals surface area contributed by atoms with Crippen molar-refractivity contribution in [2.24, 2.45) is 0 Å². The van der Waals surface area contributed by atoms with E-state index in [4.69, 9.17) is 5.73 Å². The number of aromatic nitrogens is 1. The average molecular weight is 264 g/mol. The van der Waals surface area contributed by atoms with Crippen LogP contribution in [0.4, 0.5) is 19.0 Å². The molecule has 0 aliphatic rings. The number of nitrogens with zero attached hydrogens (tertiary/aromatic N) is 1. The van der Waals surface area contributed by atoms with Crippen LogP contribution in [0.25, 0.3) is 12.2 Å². The summed E-state index contributed by atoms with van der Waals surface area (Å²) in [7, 11) is 0. The van der Waals surface area contributed by atoms with Gasteiger partial charge in [-0.3, -0.25) is 0 Å². The fourth-order valence-electron chi connectivity index (χ4n) is 1.58. The van der Waals surface area contributed by atoms with E-state index in [2.05, 4.69) is 4.98 Å². The maximum atomic E-state index is 12.5. The minimum Gasteiger partial charge on any atom is -0.384 e. The lowest BCUT2D eigenvalue weighted by atomic mass is 10.1. The van der Waals surface area contributed by atoms with E-state index in [0.717, 1.165) is 17.7 Å². The van der Waals surface area contributed by atoms with Crippen LogP contribution in [0.1, 0.15) is 16.7 Å². The van der Waals surface area contributed by atoms with Crippen LogP contribution in [0.2, 0.25) is 0 Å². The predicted molar refractivity (Wildman–Crippen MR) is 69.0 cm³/mol. The Bertz CT molecular complexity index is 604. The molecule has 5 heteroatoms. The molecule has 98 valence electrons. The standard InChI is InChI=1S/C14H11F3N2/c15-14(16,17)12-3-1-2-10(8-12)4-5-11-6-7-19-13(18)9-11/h1-9H,(H2,18,19). The minimum absolute atomic E-state index is 0.367. The summed E-state index contributed by atoms with van der Waals surface area (Å²) < 4.78 is 37.6. The second kappa shape index (κ2) is 5.14. The van der Waals surface area contributed by atoms with Gasteiger partial charge in [0.1, 0.15) is 5.82 Å². The highest BCUT2D eigenvalue weighted by Gasteiger charge is 2.30. The molecular formula is C14H11F3N2. The van der Waals surface area contributed by atoms with E-state index in [9.17, 15) is 13.2 Å². The molecule has 0 saturated carbocycles. The molecule has 1 aromatic heterocycles. The molecule has 0 spiro atoms. The molecule has 1 aromatic carbocycles. The number of anilines is 1. The summed E-state index contributed by atoms with van der Waals surface area (Å²) in [6.07, 6.45) is 0.504. The topological polar surface area (TPSA) is 38.9 Å². The molecule has 0 fully saturated rings. The van der Waals surface area contributed by atoms with Gasteiger partial charge < -0.3 is 5.73 Å². The fourth-order valence-corrected chi connectivity index (χ4v) is 1.58. The van der Waals surface area contributed by atoms with Crippen LogP contribution in [-0.2, 0) is 6.18 Å². The average Bonchev–Trinajstić information content (AvgIpc) is 2.36. The molecule has 0 aliphatic carbocycles. The summed E-state index contributed by atoms with van der Waals surface area (Å²) in [5.41, 5.74) is 6.11. The zero-order valence-electron chi connectivity index (χ0n) is 9.85. The van der Waals surface area contributed by atoms with Crippen molar-refractivity contribution in [3.8, 4) is 0 Å². The number of nitrogen functional groups attached to an aromatic ring is 1. The third-order valence-electron chi connectivity index (χ3n) is 2.49. The highest BCUT2D eigenvalue weighted by Crippen LogP contribution is 2.29. The van der Waals surface area contributed by atoms with Crippen LogP contribution < -0.4 is 5.73 Å². The normalized spacial score (nSPS) is 11.9. The zero-order valence-corrected chi connectivity index (χ0v) is 9.85. The maximum absolute atomic E-state index is 12.5. The number of halogens is 3. The van der Waals surface area contributed by atoms with E-state index in [1.807, 2.05) is 0 Å². The van der Waals surface area contributed by atoms with Crippen LogP contribution in [0.5, 0.6) is 0 Å². The summed E-state index contributed by atoms with van der Waals surface area (Å²) in [6, 6.07) is 8.49. The summed E-state index contributed by atoms with van der Waals surface area (Å²) >= 11 is 0. The number of hydrogen-bond acceptors (Lipinski definition) is 2. The predicted octanol–water partition coefficient (Wildman–Crippen LogP) is 3.85. The lowest BCUT2D eigenvalue weighted by Crippen LogP contribution is -2.04. The van der Waals surface area contributed by atoms with Crippen molar-refractivity contribution in [3.05, 3.63) is 59.3 Å². The number of nitrogens with two attached hydrogens (primary N) is 1. The molecule has 0 radical (unpaired) electrons. The third kappa shape index (κ3) is 3.58. The van der Waals surface area contributed by atoms with Crippen LogP contribution in [0.15, 0.2) is 42.6 Å². The van der Waals surface area contributed by atoms with Crippen molar-refractivity contribution in [3.63, 3.8) is 0 Å². The van der Waals surface area contributed by atoms with E-state index in [1.165, 1.54) is 6.07 Å². The number of hydrogen-bond donors (Lipinski definition) is 1. The molecule has 0 bridgehead atoms. The van der Waals surface area contributed by atoms with Crippen molar-refractivity contribution in [2.45, 2.75) is 6.18 Å². The Kier molecular flexibility index (Phi) is 3.55. The van der Waals surface area contributed by atoms with Gasteiger partial charge >= 0.3 is 6.18 Å². The molecule has 2 aromatic rings. The Balaban J connectivity index is 2.24. The molecule has 2 N–H and O–H groups in total. The van der Waals surface area contributed by atoms with Gasteiger partial charge in [-0.2, -0.15) is 13.2 Å². The maximum Gasteiger partial charge on any atom is 0.416 e. The summed E-state index contributed by atoms with van der Waals surface area (Å²) in [6.45, 7) is 0. The molecule has 0 amide bonds. The largest absolute Gasteiger partial charge is 0.416 e. The van der Waals surface area contributed by atoms with Gasteiger partial charge in [0.25, 0.3) is 0 Å². The van der Waals surface area contributed by atoms with Crippen molar-refractivity contribution in [1.82, 2.24) is 4.98 Å². The summed E-state index contributed by atoms with van der Waals surface area (Å²) in [5.74, 6) is 0.367. The first kappa shape index (κ1) is 13.1. The van der Waals surface area contributed by atoms with Crippen LogP contribution in [0, 0.1) is 0 Å². The lowest BCUT2D eigenvalue weighted by molar-refractivity contribution is -0.137. The SMILES string of the molecule is Nc1cc(C=Cc2cccc(C(F)(F)F)c2)ccn1. The van der Waals surface area contributed by atoms with E-state index < -0.39 is 11.7 Å². The quantitative estimate of drug-likeness (QED) is 0.894. The molecule has 0 aliphatic heterocycles. The van der Waals surface area contributed by atoms with Gasteiger partial charge in [-0.05, 0) is 35.4 Å². The van der Waals surface area contributed by atoms with Crippen LogP contribution in [0.3, 0.4) is 0 Å². The van der Waals surface area contributed by atoms with Gasteiger partial charge in [-0.15, -0.1) is 0 Å². The summed E-state index contributed by atoms with van der Waals surface area (Å²) in [5, 5.41) is 0. The molecule has 1 heterocycles. The molecule has 0 atom stereocenters. The Morgan fingerprint density at radius 1 is 1.00 bits per heavy atom. The van der Waals surface area contributed by atoms with Gasteiger partial charge in [0.2, 0.25) is 0 Å². The van der Waals surface area contributed by atoms with Crippen LogP contribution in [-0.4, -0.2) is 4.98 Å². The van der Waals surface area contributed by atoms with Crippen molar-refractivity contribution in [1.29, 1.82) is 0 Å². The second-order valence-electron chi connectivity index (χ2n) is 3.97. The summed E-state index contributed by atoms with van der Waals surface area (Å²) in [4.78, 5) is 3.84. The molecule has 2 rings (SSSR count). The van der Waals surface area contributed by atoms with Gasteiger partial charge in [-0.25, -0.2) is 4.98 Å². The van der Waals surface area contributed by atoms with Crippen molar-refractivity contribution in [2.75, 3.05) is 5.73 Å². The number of pyridine rings is 1. The van der Waals surface area contributed by atoms with E-state index in [0.29, 0.717) is 11.4 Å². The second-order valence-corrected chi connectivity index (χ2v) is 3.97. The van der Waals surface area contributed by atoms with Crippen LogP contribution >= 0.6 is 0 Å². The molecule has 2 nitrogen and oxygen atoms in total. The van der Waals surface area contributed by atoms with E-state index >= 15 is 0 Å². The fraction of sp³-hybridized carbons (Fsp3) is 0.0714. The monoisotopic (exact) mass is 264 g/mol. The Morgan fingerprint density at radius 2 is 1.68 bits per heavy atom. The highest BCUT2D eigenvalue weighted by atomic mass is 19.4. The van der Waals surface area contributed by atoms with Gasteiger partial charge in [0.05, 0.1) is 5.56 Å². The molecule has 19 heavy (non-hydrogen) atoms. The third-order valence-corrected chi connectivity index (χ3v) is 2.49. The van der Waals surface area contributed by atoms with E-state index in [-0.39, 0.29) is 0 Å². The Labute approximate surface area is 108 Å². The molecular weight excluding hydrogens is 253 g/mol. The lowest BCUT2D eigenvalue weighted by Gasteiger charge is -2.06. The number of alkyl halides is 3. The first-order chi connectivity index (χ1) is 8.95. The van der Waals surface area contributed by atoms with Crippen molar-refractivity contribution >= 4 is 18.0 Å². The smallest absolute Gasteiger partial charge is 0.384 e. The van der Waals surface area contributed by atoms with Crippen molar-refractivity contribution < 1.29 is 13.2 Å². The van der Waals surface area contributed by atoms with Gasteiger partial charge in [0, 0.05) is 6.20 Å². The number of rotatable bonds is 2. The van der Waals surface area contributed by atoms with E-state index in [1.54, 1.807) is 36.5 Å². The molecule has 0 unspecified atom stereocenters. The molecule has 0 saturated heterocycles. The van der Waals surface area contributed by atoms with Gasteiger partial charge in [0.15, 0.2) is 0 Å². The number of benzene rings is 1. The zero-order chi connectivity index (χ0) is 13.9. The Morgan fingerprint density at radius 3 is 2.32 bits per heavy atom.